The maximum Gasteiger partial charge on any atom is 0.293 e. The molecule has 2 rings (SSSR count). The molecule has 0 amide bonds. The lowest BCUT2D eigenvalue weighted by Gasteiger charge is -2.00. The molecule has 0 aliphatic carbocycles. The summed E-state index contributed by atoms with van der Waals surface area (Å²) in [5.41, 5.74) is 6.24. The number of benzene rings is 1. The summed E-state index contributed by atoms with van der Waals surface area (Å²) in [4.78, 5) is 15.2. The maximum absolute atomic E-state index is 11.3. The number of halogens is 1. The Morgan fingerprint density at radius 2 is 2.12 bits per heavy atom. The lowest BCUT2D eigenvalue weighted by Crippen LogP contribution is -1.95. The first-order chi connectivity index (χ1) is 7.59. The fourth-order valence-electron chi connectivity index (χ4n) is 1.40. The number of Topliss-reactive ketones (excluding diaryl/α,β-unsaturated/α-hetero) is 1. The lowest BCUT2D eigenvalue weighted by atomic mass is 10.1. The first-order valence-corrected chi connectivity index (χ1v) is 4.99. The summed E-state index contributed by atoms with van der Waals surface area (Å²) in [6.07, 6.45) is 0. The second-order valence-electron chi connectivity index (χ2n) is 3.27. The van der Waals surface area contributed by atoms with Gasteiger partial charge in [-0.15, -0.1) is 0 Å². The summed E-state index contributed by atoms with van der Waals surface area (Å²) in [5.74, 6) is 0.103. The van der Waals surface area contributed by atoms with E-state index < -0.39 is 0 Å². The predicted molar refractivity (Wildman–Crippen MR) is 61.4 cm³/mol. The zero-order chi connectivity index (χ0) is 11.7. The Hall–Kier alpha value is -1.81. The molecule has 0 fully saturated rings. The molecule has 0 bridgehead atoms. The zero-order valence-corrected chi connectivity index (χ0v) is 9.28. The van der Waals surface area contributed by atoms with Crippen LogP contribution in [-0.2, 0) is 0 Å². The van der Waals surface area contributed by atoms with Crippen LogP contribution >= 0.6 is 11.6 Å². The van der Waals surface area contributed by atoms with E-state index in [0.717, 1.165) is 0 Å². The first-order valence-electron chi connectivity index (χ1n) is 4.61. The Kier molecular flexibility index (Phi) is 2.66. The lowest BCUT2D eigenvalue weighted by molar-refractivity contribution is 0.101. The van der Waals surface area contributed by atoms with E-state index >= 15 is 0 Å². The second-order valence-corrected chi connectivity index (χ2v) is 3.67. The number of carbonyl (C=O) groups excluding carboxylic acids is 1. The summed E-state index contributed by atoms with van der Waals surface area (Å²) in [5, 5.41) is 0.487. The Balaban J connectivity index is 2.64. The van der Waals surface area contributed by atoms with E-state index in [2.05, 4.69) is 4.98 Å². The van der Waals surface area contributed by atoms with Gasteiger partial charge in [0.25, 0.3) is 6.01 Å². The number of ketones is 1. The topological polar surface area (TPSA) is 69.1 Å². The van der Waals surface area contributed by atoms with Crippen molar-refractivity contribution in [2.75, 3.05) is 5.73 Å². The number of carbonyl (C=O) groups is 1. The normalized spacial score (nSPS) is 10.4. The maximum atomic E-state index is 11.3. The van der Waals surface area contributed by atoms with Crippen LogP contribution in [0.2, 0.25) is 5.02 Å². The van der Waals surface area contributed by atoms with E-state index in [0.29, 0.717) is 16.3 Å². The van der Waals surface area contributed by atoms with Crippen LogP contribution in [0.15, 0.2) is 28.7 Å². The van der Waals surface area contributed by atoms with Crippen molar-refractivity contribution in [2.24, 2.45) is 0 Å². The number of nitrogens with two attached hydrogens (primary N) is 1. The minimum Gasteiger partial charge on any atom is -0.423 e. The van der Waals surface area contributed by atoms with E-state index in [9.17, 15) is 4.79 Å². The van der Waals surface area contributed by atoms with Gasteiger partial charge >= 0.3 is 0 Å². The van der Waals surface area contributed by atoms with Gasteiger partial charge in [0.1, 0.15) is 0 Å². The van der Waals surface area contributed by atoms with Gasteiger partial charge in [0.05, 0.1) is 5.02 Å². The molecule has 1 heterocycles. The van der Waals surface area contributed by atoms with Gasteiger partial charge in [-0.1, -0.05) is 23.7 Å². The van der Waals surface area contributed by atoms with Crippen molar-refractivity contribution in [3.63, 3.8) is 0 Å². The third-order valence-corrected chi connectivity index (χ3v) is 2.43. The van der Waals surface area contributed by atoms with E-state index in [1.807, 2.05) is 0 Å². The number of anilines is 1. The van der Waals surface area contributed by atoms with Crippen LogP contribution in [0.3, 0.4) is 0 Å². The molecule has 0 unspecified atom stereocenters. The molecule has 0 saturated carbocycles. The predicted octanol–water partition coefficient (Wildman–Crippen LogP) is 2.78. The van der Waals surface area contributed by atoms with Crippen LogP contribution < -0.4 is 5.73 Å². The Morgan fingerprint density at radius 3 is 2.75 bits per heavy atom. The van der Waals surface area contributed by atoms with Gasteiger partial charge in [0.2, 0.25) is 0 Å². The summed E-state index contributed by atoms with van der Waals surface area (Å²) in [6.45, 7) is 1.40. The van der Waals surface area contributed by atoms with Crippen molar-refractivity contribution in [1.82, 2.24) is 4.98 Å². The number of nitrogens with zero attached hydrogens (tertiary/aromatic N) is 1. The molecule has 0 saturated heterocycles. The number of oxazole rings is 1. The van der Waals surface area contributed by atoms with Gasteiger partial charge in [0, 0.05) is 12.5 Å². The largest absolute Gasteiger partial charge is 0.423 e. The Bertz CT molecular complexity index is 549. The number of hydrogen-bond donors (Lipinski definition) is 1. The highest BCUT2D eigenvalue weighted by Gasteiger charge is 2.18. The van der Waals surface area contributed by atoms with Crippen molar-refractivity contribution >= 4 is 23.4 Å². The highest BCUT2D eigenvalue weighted by atomic mass is 35.5. The van der Waals surface area contributed by atoms with Crippen LogP contribution in [0.25, 0.3) is 11.3 Å². The number of rotatable bonds is 2. The van der Waals surface area contributed by atoms with Gasteiger partial charge in [-0.05, 0) is 12.1 Å². The van der Waals surface area contributed by atoms with Crippen molar-refractivity contribution in [3.8, 4) is 11.3 Å². The molecule has 5 heteroatoms. The molecule has 1 aromatic heterocycles. The van der Waals surface area contributed by atoms with Gasteiger partial charge in [-0.2, -0.15) is 4.98 Å². The van der Waals surface area contributed by atoms with E-state index in [-0.39, 0.29) is 17.5 Å². The summed E-state index contributed by atoms with van der Waals surface area (Å²) in [7, 11) is 0. The monoisotopic (exact) mass is 236 g/mol. The van der Waals surface area contributed by atoms with E-state index in [1.165, 1.54) is 6.92 Å². The fraction of sp³-hybridized carbons (Fsp3) is 0.0909. The minimum atomic E-state index is -0.213. The third kappa shape index (κ3) is 1.79. The average Bonchev–Trinajstić information content (AvgIpc) is 2.61. The smallest absolute Gasteiger partial charge is 0.293 e. The molecule has 2 N–H and O–H groups in total. The molecule has 0 aliphatic heterocycles. The Labute approximate surface area is 97.0 Å². The molecule has 16 heavy (non-hydrogen) atoms. The average molecular weight is 237 g/mol. The van der Waals surface area contributed by atoms with Gasteiger partial charge in [0.15, 0.2) is 17.2 Å². The zero-order valence-electron chi connectivity index (χ0n) is 8.53. The second kappa shape index (κ2) is 3.98. The highest BCUT2D eigenvalue weighted by molar-refractivity contribution is 6.33. The molecule has 0 radical (unpaired) electrons. The van der Waals surface area contributed by atoms with Crippen LogP contribution in [-0.4, -0.2) is 10.8 Å². The van der Waals surface area contributed by atoms with Crippen LogP contribution in [0, 0.1) is 0 Å². The van der Waals surface area contributed by atoms with Crippen LogP contribution in [0.5, 0.6) is 0 Å². The molecular formula is C11H9ClN2O2. The first kappa shape index (κ1) is 10.7. The SMILES string of the molecule is CC(=O)c1nc(N)oc1-c1ccccc1Cl. The number of aromatic nitrogens is 1. The number of hydrogen-bond acceptors (Lipinski definition) is 4. The Morgan fingerprint density at radius 1 is 1.44 bits per heavy atom. The summed E-state index contributed by atoms with van der Waals surface area (Å²) in [6, 6.07) is 7.00. The van der Waals surface area contributed by atoms with Crippen molar-refractivity contribution in [3.05, 3.63) is 35.0 Å². The highest BCUT2D eigenvalue weighted by Crippen LogP contribution is 2.31. The van der Waals surface area contributed by atoms with Crippen LogP contribution in [0.1, 0.15) is 17.4 Å². The van der Waals surface area contributed by atoms with Gasteiger partial charge < -0.3 is 10.2 Å². The standard InChI is InChI=1S/C11H9ClN2O2/c1-6(15)9-10(16-11(13)14-9)7-4-2-3-5-8(7)12/h2-5H,1H3,(H2,13,14). The molecule has 0 aliphatic rings. The van der Waals surface area contributed by atoms with E-state index in [1.54, 1.807) is 24.3 Å². The van der Waals surface area contributed by atoms with Crippen molar-refractivity contribution in [2.45, 2.75) is 6.92 Å². The van der Waals surface area contributed by atoms with Crippen molar-refractivity contribution in [1.29, 1.82) is 0 Å². The molecule has 82 valence electrons. The molecule has 0 spiro atoms. The summed E-state index contributed by atoms with van der Waals surface area (Å²) < 4.78 is 5.20. The van der Waals surface area contributed by atoms with Gasteiger partial charge in [-0.3, -0.25) is 4.79 Å². The molecule has 0 atom stereocenters. The molecule has 1 aromatic carbocycles. The minimum absolute atomic E-state index is 0.0416. The molecule has 2 aromatic rings. The summed E-state index contributed by atoms with van der Waals surface area (Å²) >= 11 is 6.00. The molecular weight excluding hydrogens is 228 g/mol. The number of nitrogen functional groups attached to an aromatic ring is 1. The fourth-order valence-corrected chi connectivity index (χ4v) is 1.62. The van der Waals surface area contributed by atoms with Crippen LogP contribution in [0.4, 0.5) is 6.01 Å². The quantitative estimate of drug-likeness (QED) is 0.814. The third-order valence-electron chi connectivity index (χ3n) is 2.10. The van der Waals surface area contributed by atoms with E-state index in [4.69, 9.17) is 21.8 Å². The molecule has 4 nitrogen and oxygen atoms in total. The van der Waals surface area contributed by atoms with Gasteiger partial charge in [-0.25, -0.2) is 0 Å². The van der Waals surface area contributed by atoms with Crippen molar-refractivity contribution < 1.29 is 9.21 Å².